The van der Waals surface area contributed by atoms with Crippen molar-refractivity contribution in [1.29, 1.82) is 0 Å². The van der Waals surface area contributed by atoms with E-state index in [1.54, 1.807) is 0 Å². The summed E-state index contributed by atoms with van der Waals surface area (Å²) in [5.41, 5.74) is 0.0862. The summed E-state index contributed by atoms with van der Waals surface area (Å²) in [7, 11) is 0. The van der Waals surface area contributed by atoms with Crippen LogP contribution in [0.1, 0.15) is 49.9 Å². The Labute approximate surface area is 146 Å². The van der Waals surface area contributed by atoms with E-state index in [0.29, 0.717) is 13.0 Å². The smallest absolute Gasteiger partial charge is 0.326 e. The van der Waals surface area contributed by atoms with Gasteiger partial charge in [0.25, 0.3) is 5.91 Å². The highest BCUT2D eigenvalue weighted by atomic mass is 19.1. The molecule has 1 fully saturated rings. The molecule has 0 aliphatic carbocycles. The molecule has 0 bridgehead atoms. The lowest BCUT2D eigenvalue weighted by Crippen LogP contribution is -2.48. The number of carbonyl (C=O) groups excluding carboxylic acids is 2. The number of piperidine rings is 1. The van der Waals surface area contributed by atoms with Crippen LogP contribution < -0.4 is 5.32 Å². The van der Waals surface area contributed by atoms with Crippen LogP contribution in [0.3, 0.4) is 0 Å². The highest BCUT2D eigenvalue weighted by Crippen LogP contribution is 2.22. The molecule has 1 aliphatic rings. The number of rotatable bonds is 5. The van der Waals surface area contributed by atoms with Crippen LogP contribution in [0.25, 0.3) is 0 Å². The fraction of sp³-hybridized carbons (Fsp3) is 0.500. The molecule has 1 aromatic rings. The predicted octanol–water partition coefficient (Wildman–Crippen LogP) is 2.89. The second-order valence-corrected chi connectivity index (χ2v) is 6.69. The highest BCUT2D eigenvalue weighted by molar-refractivity contribution is 5.98. The third-order valence-electron chi connectivity index (χ3n) is 4.13. The molecule has 2 amide bonds. The number of anilines is 1. The quantitative estimate of drug-likeness (QED) is 0.855. The number of hydrogen-bond acceptors (Lipinski definition) is 3. The van der Waals surface area contributed by atoms with Gasteiger partial charge in [-0.1, -0.05) is 13.8 Å². The summed E-state index contributed by atoms with van der Waals surface area (Å²) in [6.45, 7) is 4.11. The normalized spacial score (nSPS) is 17.4. The number of halogens is 1. The number of carboxylic acid groups (broad SMARTS) is 1. The molecule has 2 N–H and O–H groups in total. The van der Waals surface area contributed by atoms with Gasteiger partial charge in [-0.05, 0) is 43.4 Å². The third kappa shape index (κ3) is 4.78. The average Bonchev–Trinajstić information content (AvgIpc) is 2.55. The third-order valence-corrected chi connectivity index (χ3v) is 4.13. The van der Waals surface area contributed by atoms with E-state index in [2.05, 4.69) is 5.32 Å². The number of carboxylic acids is 1. The van der Waals surface area contributed by atoms with E-state index in [-0.39, 0.29) is 29.5 Å². The molecule has 0 radical (unpaired) electrons. The maximum Gasteiger partial charge on any atom is 0.326 e. The summed E-state index contributed by atoms with van der Waals surface area (Å²) in [4.78, 5) is 36.9. The Morgan fingerprint density at radius 2 is 2.04 bits per heavy atom. The first-order valence-electron chi connectivity index (χ1n) is 8.42. The van der Waals surface area contributed by atoms with Crippen molar-refractivity contribution in [3.63, 3.8) is 0 Å². The molecule has 0 aromatic heterocycles. The molecule has 25 heavy (non-hydrogen) atoms. The van der Waals surface area contributed by atoms with Gasteiger partial charge < -0.3 is 15.3 Å². The van der Waals surface area contributed by atoms with Gasteiger partial charge >= 0.3 is 5.97 Å². The lowest BCUT2D eigenvalue weighted by atomic mass is 10.0. The van der Waals surface area contributed by atoms with Gasteiger partial charge in [0.2, 0.25) is 5.91 Å². The van der Waals surface area contributed by atoms with E-state index in [1.165, 1.54) is 17.0 Å². The molecule has 0 spiro atoms. The van der Waals surface area contributed by atoms with Crippen LogP contribution in [-0.2, 0) is 9.59 Å². The second kappa shape index (κ2) is 8.09. The van der Waals surface area contributed by atoms with Crippen LogP contribution >= 0.6 is 0 Å². The maximum absolute atomic E-state index is 14.2. The van der Waals surface area contributed by atoms with Gasteiger partial charge in [0, 0.05) is 18.5 Å². The maximum atomic E-state index is 14.2. The molecule has 1 aromatic carbocycles. The van der Waals surface area contributed by atoms with Crippen molar-refractivity contribution in [2.24, 2.45) is 5.92 Å². The first-order valence-corrected chi connectivity index (χ1v) is 8.42. The molecule has 2 rings (SSSR count). The Hall–Kier alpha value is -2.44. The summed E-state index contributed by atoms with van der Waals surface area (Å²) in [6, 6.07) is 2.90. The largest absolute Gasteiger partial charge is 0.480 e. The van der Waals surface area contributed by atoms with E-state index in [1.807, 2.05) is 13.8 Å². The molecule has 0 saturated carbocycles. The topological polar surface area (TPSA) is 86.7 Å². The summed E-state index contributed by atoms with van der Waals surface area (Å²) >= 11 is 0. The Bertz CT molecular complexity index is 675. The van der Waals surface area contributed by atoms with E-state index in [9.17, 15) is 23.9 Å². The summed E-state index contributed by atoms with van der Waals surface area (Å²) in [6.07, 6.45) is 2.14. The number of likely N-dealkylation sites (tertiary alicyclic amines) is 1. The molecule has 136 valence electrons. The van der Waals surface area contributed by atoms with Crippen LogP contribution in [0.15, 0.2) is 18.2 Å². The highest BCUT2D eigenvalue weighted by Gasteiger charge is 2.32. The van der Waals surface area contributed by atoms with Gasteiger partial charge in [-0.25, -0.2) is 9.18 Å². The minimum atomic E-state index is -1.05. The second-order valence-electron chi connectivity index (χ2n) is 6.69. The van der Waals surface area contributed by atoms with Crippen LogP contribution in [0.4, 0.5) is 10.1 Å². The number of benzene rings is 1. The summed E-state index contributed by atoms with van der Waals surface area (Å²) < 4.78 is 14.2. The average molecular weight is 350 g/mol. The molecule has 6 nitrogen and oxygen atoms in total. The van der Waals surface area contributed by atoms with E-state index < -0.39 is 23.7 Å². The molecule has 1 aliphatic heterocycles. The van der Waals surface area contributed by atoms with Gasteiger partial charge in [-0.3, -0.25) is 9.59 Å². The van der Waals surface area contributed by atoms with Crippen molar-refractivity contribution in [2.45, 2.75) is 45.6 Å². The Kier molecular flexibility index (Phi) is 6.12. The van der Waals surface area contributed by atoms with E-state index >= 15 is 0 Å². The van der Waals surface area contributed by atoms with E-state index in [0.717, 1.165) is 18.9 Å². The molecule has 1 saturated heterocycles. The Balaban J connectivity index is 2.14. The lowest BCUT2D eigenvalue weighted by molar-refractivity contribution is -0.143. The zero-order valence-corrected chi connectivity index (χ0v) is 14.4. The first kappa shape index (κ1) is 18.9. The van der Waals surface area contributed by atoms with Crippen molar-refractivity contribution in [1.82, 2.24) is 4.90 Å². The number of hydrogen-bond donors (Lipinski definition) is 2. The number of nitrogens with zero attached hydrogens (tertiary/aromatic N) is 1. The van der Waals surface area contributed by atoms with Crippen molar-refractivity contribution >= 4 is 23.5 Å². The molecule has 1 atom stereocenters. The van der Waals surface area contributed by atoms with Gasteiger partial charge in [-0.2, -0.15) is 0 Å². The summed E-state index contributed by atoms with van der Waals surface area (Å²) in [5.74, 6) is -2.42. The van der Waals surface area contributed by atoms with Gasteiger partial charge in [-0.15, -0.1) is 0 Å². The van der Waals surface area contributed by atoms with Gasteiger partial charge in [0.05, 0.1) is 5.69 Å². The lowest BCUT2D eigenvalue weighted by Gasteiger charge is -2.33. The summed E-state index contributed by atoms with van der Waals surface area (Å²) in [5, 5.41) is 11.7. The van der Waals surface area contributed by atoms with Crippen molar-refractivity contribution in [3.8, 4) is 0 Å². The van der Waals surface area contributed by atoms with Crippen LogP contribution in [0.5, 0.6) is 0 Å². The zero-order valence-electron chi connectivity index (χ0n) is 14.4. The van der Waals surface area contributed by atoms with Crippen LogP contribution in [0.2, 0.25) is 0 Å². The standard InChI is InChI=1S/C18H23FN2O4/c1-11(2)9-16(22)20-14-7-6-12(10-13(14)19)17(23)21-8-4-3-5-15(21)18(24)25/h6-7,10-11,15H,3-5,8-9H2,1-2H3,(H,20,22)(H,24,25)/t15-/m1/s1. The number of carbonyl (C=O) groups is 3. The number of nitrogens with one attached hydrogen (secondary N) is 1. The first-order chi connectivity index (χ1) is 11.8. The molecule has 1 heterocycles. The minimum Gasteiger partial charge on any atom is -0.480 e. The SMILES string of the molecule is CC(C)CC(=O)Nc1ccc(C(=O)N2CCCC[C@@H]2C(=O)O)cc1F. The van der Waals surface area contributed by atoms with E-state index in [4.69, 9.17) is 0 Å². The van der Waals surface area contributed by atoms with Crippen molar-refractivity contribution in [3.05, 3.63) is 29.6 Å². The minimum absolute atomic E-state index is 0.00984. The Morgan fingerprint density at radius 3 is 2.64 bits per heavy atom. The molecular formula is C18H23FN2O4. The zero-order chi connectivity index (χ0) is 18.6. The van der Waals surface area contributed by atoms with Gasteiger partial charge in [0.15, 0.2) is 0 Å². The van der Waals surface area contributed by atoms with Crippen LogP contribution in [-0.4, -0.2) is 40.4 Å². The fourth-order valence-corrected chi connectivity index (χ4v) is 2.92. The monoisotopic (exact) mass is 350 g/mol. The van der Waals surface area contributed by atoms with Crippen molar-refractivity contribution in [2.75, 3.05) is 11.9 Å². The Morgan fingerprint density at radius 1 is 1.32 bits per heavy atom. The molecular weight excluding hydrogens is 327 g/mol. The fourth-order valence-electron chi connectivity index (χ4n) is 2.92. The van der Waals surface area contributed by atoms with Gasteiger partial charge in [0.1, 0.15) is 11.9 Å². The van der Waals surface area contributed by atoms with Crippen LogP contribution in [0, 0.1) is 11.7 Å². The molecule has 7 heteroatoms. The number of aliphatic carboxylic acids is 1. The molecule has 0 unspecified atom stereocenters. The number of amides is 2. The van der Waals surface area contributed by atoms with Crippen molar-refractivity contribution < 1.29 is 23.9 Å². The predicted molar refractivity (Wildman–Crippen MR) is 90.8 cm³/mol.